The van der Waals surface area contributed by atoms with Crippen molar-refractivity contribution in [2.45, 2.75) is 24.8 Å². The molecular weight excluding hydrogens is 496 g/mol. The molecule has 186 valence electrons. The summed E-state index contributed by atoms with van der Waals surface area (Å²) in [6.07, 6.45) is -5.07. The molecule has 0 spiro atoms. The molecule has 1 aromatic heterocycles. The molecule has 2 aromatic rings. The Labute approximate surface area is 197 Å². The highest BCUT2D eigenvalue weighted by molar-refractivity contribution is 7.89. The van der Waals surface area contributed by atoms with Gasteiger partial charge in [-0.05, 0) is 36.6 Å². The van der Waals surface area contributed by atoms with Gasteiger partial charge < -0.3 is 14.8 Å². The summed E-state index contributed by atoms with van der Waals surface area (Å²) >= 11 is 0. The maximum Gasteiger partial charge on any atom is 0.434 e. The standard InChI is InChI=1S/C21H18F4N4O5S/c22-15-3-1-2-12(8-15)11-35(33,34)28-19(30)13-4-6-29(7-5-13)18-14(10-26)9-16(20(31)32)17(27-18)21(23,24)25/h1-3,8-9,13H,4-7,11H2,(H,28,30)(H,31,32)/p-1. The largest absolute Gasteiger partial charge is 0.545 e. The number of anilines is 1. The molecule has 1 fully saturated rings. The molecule has 1 N–H and O–H groups in total. The molecule has 0 saturated carbocycles. The summed E-state index contributed by atoms with van der Waals surface area (Å²) in [5.74, 6) is -5.43. The van der Waals surface area contributed by atoms with Gasteiger partial charge in [0.25, 0.3) is 0 Å². The predicted molar refractivity (Wildman–Crippen MR) is 110 cm³/mol. The zero-order valence-electron chi connectivity index (χ0n) is 17.8. The van der Waals surface area contributed by atoms with Gasteiger partial charge in [0, 0.05) is 24.6 Å². The van der Waals surface area contributed by atoms with Crippen LogP contribution in [0.4, 0.5) is 23.4 Å². The maximum absolute atomic E-state index is 13.3. The molecule has 1 aliphatic rings. The SMILES string of the molecule is N#Cc1cc(C(=O)[O-])c(C(F)(F)F)nc1N1CCC(C(=O)NS(=O)(=O)Cc2cccc(F)c2)CC1. The number of carboxylic acids is 1. The molecule has 0 radical (unpaired) electrons. The minimum Gasteiger partial charge on any atom is -0.545 e. The van der Waals surface area contributed by atoms with E-state index in [1.165, 1.54) is 17.0 Å². The molecule has 1 aromatic carbocycles. The van der Waals surface area contributed by atoms with Gasteiger partial charge in [0.1, 0.15) is 17.7 Å². The van der Waals surface area contributed by atoms with Crippen LogP contribution in [0, 0.1) is 23.1 Å². The Balaban J connectivity index is 1.72. The number of carboxylic acid groups (broad SMARTS) is 1. The van der Waals surface area contributed by atoms with Crippen molar-refractivity contribution >= 4 is 27.7 Å². The van der Waals surface area contributed by atoms with E-state index in [0.717, 1.165) is 12.1 Å². The maximum atomic E-state index is 13.3. The first-order valence-electron chi connectivity index (χ1n) is 10.1. The van der Waals surface area contributed by atoms with Crippen LogP contribution in [0.15, 0.2) is 30.3 Å². The summed E-state index contributed by atoms with van der Waals surface area (Å²) in [5, 5.41) is 20.4. The van der Waals surface area contributed by atoms with Crippen molar-refractivity contribution in [1.29, 1.82) is 5.26 Å². The van der Waals surface area contributed by atoms with Crippen molar-refractivity contribution in [2.75, 3.05) is 18.0 Å². The van der Waals surface area contributed by atoms with E-state index in [1.807, 2.05) is 4.72 Å². The third-order valence-electron chi connectivity index (χ3n) is 5.28. The van der Waals surface area contributed by atoms with Gasteiger partial charge in [-0.1, -0.05) is 12.1 Å². The third-order valence-corrected chi connectivity index (χ3v) is 6.50. The lowest BCUT2D eigenvalue weighted by Gasteiger charge is -2.33. The van der Waals surface area contributed by atoms with Gasteiger partial charge in [-0.25, -0.2) is 17.8 Å². The van der Waals surface area contributed by atoms with Crippen molar-refractivity contribution in [3.63, 3.8) is 0 Å². The first kappa shape index (κ1) is 25.9. The fraction of sp³-hybridized carbons (Fsp3) is 0.333. The normalized spacial score (nSPS) is 14.9. The highest BCUT2D eigenvalue weighted by atomic mass is 32.2. The number of amides is 1. The third kappa shape index (κ3) is 6.24. The Morgan fingerprint density at radius 3 is 2.43 bits per heavy atom. The molecule has 0 aliphatic carbocycles. The number of benzene rings is 1. The number of piperidine rings is 1. The molecule has 14 heteroatoms. The number of aromatic nitrogens is 1. The quantitative estimate of drug-likeness (QED) is 0.570. The highest BCUT2D eigenvalue weighted by Crippen LogP contribution is 2.34. The number of carbonyl (C=O) groups excluding carboxylic acids is 2. The second-order valence-electron chi connectivity index (χ2n) is 7.77. The van der Waals surface area contributed by atoms with Crippen LogP contribution in [0.25, 0.3) is 0 Å². The molecule has 1 aliphatic heterocycles. The van der Waals surface area contributed by atoms with E-state index in [-0.39, 0.29) is 31.5 Å². The molecule has 3 rings (SSSR count). The monoisotopic (exact) mass is 513 g/mol. The van der Waals surface area contributed by atoms with Gasteiger partial charge in [0.2, 0.25) is 15.9 Å². The van der Waals surface area contributed by atoms with Gasteiger partial charge in [0.05, 0.1) is 17.3 Å². The van der Waals surface area contributed by atoms with E-state index in [4.69, 9.17) is 0 Å². The number of sulfonamides is 1. The predicted octanol–water partition coefficient (Wildman–Crippen LogP) is 1.34. The first-order valence-corrected chi connectivity index (χ1v) is 11.7. The van der Waals surface area contributed by atoms with Gasteiger partial charge in [0.15, 0.2) is 5.69 Å². The lowest BCUT2D eigenvalue weighted by atomic mass is 9.96. The number of hydrogen-bond acceptors (Lipinski definition) is 8. The van der Waals surface area contributed by atoms with Crippen molar-refractivity contribution < 1.29 is 40.7 Å². The van der Waals surface area contributed by atoms with Crippen molar-refractivity contribution in [1.82, 2.24) is 9.71 Å². The van der Waals surface area contributed by atoms with Crippen molar-refractivity contribution in [3.05, 3.63) is 58.5 Å². The van der Waals surface area contributed by atoms with Crippen LogP contribution in [-0.4, -0.2) is 38.4 Å². The van der Waals surface area contributed by atoms with Crippen molar-refractivity contribution in [2.24, 2.45) is 5.92 Å². The van der Waals surface area contributed by atoms with Gasteiger partial charge >= 0.3 is 6.18 Å². The van der Waals surface area contributed by atoms with Crippen LogP contribution < -0.4 is 14.7 Å². The minimum absolute atomic E-state index is 0.0253. The van der Waals surface area contributed by atoms with Crippen LogP contribution in [0.2, 0.25) is 0 Å². The molecule has 1 saturated heterocycles. The first-order chi connectivity index (χ1) is 16.3. The highest BCUT2D eigenvalue weighted by Gasteiger charge is 2.38. The molecule has 0 atom stereocenters. The van der Waals surface area contributed by atoms with E-state index >= 15 is 0 Å². The van der Waals surface area contributed by atoms with Crippen LogP contribution in [0.1, 0.15) is 40.0 Å². The Hall–Kier alpha value is -3.73. The fourth-order valence-corrected chi connectivity index (χ4v) is 4.83. The number of nitriles is 1. The van der Waals surface area contributed by atoms with E-state index in [1.54, 1.807) is 6.07 Å². The number of pyridine rings is 1. The van der Waals surface area contributed by atoms with Gasteiger partial charge in [-0.15, -0.1) is 0 Å². The molecule has 9 nitrogen and oxygen atoms in total. The van der Waals surface area contributed by atoms with Crippen molar-refractivity contribution in [3.8, 4) is 6.07 Å². The molecular formula is C21H17F4N4O5S-. The number of nitrogens with zero attached hydrogens (tertiary/aromatic N) is 3. The Bertz CT molecular complexity index is 1300. The second kappa shape index (κ2) is 9.87. The van der Waals surface area contributed by atoms with E-state index < -0.39 is 68.2 Å². The smallest absolute Gasteiger partial charge is 0.434 e. The number of hydrogen-bond donors (Lipinski definition) is 1. The number of aromatic carboxylic acids is 1. The number of nitrogens with one attached hydrogen (secondary N) is 1. The summed E-state index contributed by atoms with van der Waals surface area (Å²) in [4.78, 5) is 28.2. The molecule has 0 unspecified atom stereocenters. The van der Waals surface area contributed by atoms with Gasteiger partial charge in [-0.3, -0.25) is 9.52 Å². The fourth-order valence-electron chi connectivity index (χ4n) is 3.67. The summed E-state index contributed by atoms with van der Waals surface area (Å²) in [5.41, 5.74) is -3.26. The second-order valence-corrected chi connectivity index (χ2v) is 9.49. The van der Waals surface area contributed by atoms with Crippen LogP contribution >= 0.6 is 0 Å². The number of alkyl halides is 3. The van der Waals surface area contributed by atoms with Crippen LogP contribution in [0.3, 0.4) is 0 Å². The van der Waals surface area contributed by atoms with E-state index in [9.17, 15) is 45.9 Å². The minimum atomic E-state index is -5.12. The Morgan fingerprint density at radius 2 is 1.89 bits per heavy atom. The number of rotatable bonds is 6. The van der Waals surface area contributed by atoms with Crippen LogP contribution in [-0.2, 0) is 26.7 Å². The summed E-state index contributed by atoms with van der Waals surface area (Å²) in [6, 6.07) is 7.01. The zero-order valence-corrected chi connectivity index (χ0v) is 18.6. The number of carbonyl (C=O) groups is 2. The summed E-state index contributed by atoms with van der Waals surface area (Å²) in [6.45, 7) is -0.0998. The average Bonchev–Trinajstić information content (AvgIpc) is 2.77. The topological polar surface area (TPSA) is 143 Å². The Morgan fingerprint density at radius 1 is 1.23 bits per heavy atom. The number of halogens is 4. The lowest BCUT2D eigenvalue weighted by Crippen LogP contribution is -2.43. The summed E-state index contributed by atoms with van der Waals surface area (Å²) < 4.78 is 79.7. The summed E-state index contributed by atoms with van der Waals surface area (Å²) in [7, 11) is -4.13. The zero-order chi connectivity index (χ0) is 26.0. The van der Waals surface area contributed by atoms with Gasteiger partial charge in [-0.2, -0.15) is 18.4 Å². The molecule has 0 bridgehead atoms. The molecule has 35 heavy (non-hydrogen) atoms. The average molecular weight is 513 g/mol. The lowest BCUT2D eigenvalue weighted by molar-refractivity contribution is -0.255. The van der Waals surface area contributed by atoms with Crippen LogP contribution in [0.5, 0.6) is 0 Å². The molecule has 2 heterocycles. The molecule has 1 amide bonds. The Kier molecular flexibility index (Phi) is 7.30. The van der Waals surface area contributed by atoms with E-state index in [2.05, 4.69) is 4.98 Å². The van der Waals surface area contributed by atoms with E-state index in [0.29, 0.717) is 6.07 Å².